The Bertz CT molecular complexity index is 1700. The highest BCUT2D eigenvalue weighted by Gasteiger charge is 2.36. The number of rotatable bonds is 16. The fourth-order valence-electron chi connectivity index (χ4n) is 4.39. The fraction of sp³-hybridized carbons (Fsp3) is 0.394. The Kier molecular flexibility index (Phi) is 13.2. The minimum absolute atomic E-state index is 0.0564. The van der Waals surface area contributed by atoms with Crippen LogP contribution >= 0.6 is 0 Å². The number of nitrogens with one attached hydrogen (secondary N) is 2. The molecule has 4 rings (SSSR count). The van der Waals surface area contributed by atoms with Gasteiger partial charge in [0.25, 0.3) is 6.35 Å². The van der Waals surface area contributed by atoms with E-state index in [1.807, 2.05) is 6.92 Å². The van der Waals surface area contributed by atoms with Gasteiger partial charge in [-0.1, -0.05) is 6.92 Å². The van der Waals surface area contributed by atoms with Crippen molar-refractivity contribution in [2.75, 3.05) is 44.1 Å². The standard InChI is InChI=1S/C33H40F2N8O8/c1-6-15-48-31(44)40-27(36)20-9-11-21(12-10-20)39-26(23-16-22(46-5)17-24(25(23)35)47-7-2)28-41-30(43(42-28)29-37-13-8-14-38-29)49-19-50-32(45)51-33(3,4)18-34/h8-14,16-17,26,30,39H,6-7,15,18-19H2,1-5H3,(H,41,42)(H2,36,40,44)/t26?,30-/m1/s1. The summed E-state index contributed by atoms with van der Waals surface area (Å²) < 4.78 is 61.0. The second-order valence-electron chi connectivity index (χ2n) is 11.3. The van der Waals surface area contributed by atoms with Crippen LogP contribution < -0.4 is 31.0 Å². The molecule has 0 radical (unpaired) electrons. The van der Waals surface area contributed by atoms with Crippen LogP contribution in [0, 0.1) is 5.82 Å². The summed E-state index contributed by atoms with van der Waals surface area (Å²) in [6.45, 7) is 5.12. The normalized spacial score (nSPS) is 15.0. The number of halogens is 2. The largest absolute Gasteiger partial charge is 0.511 e. The molecule has 4 N–H and O–H groups in total. The van der Waals surface area contributed by atoms with Gasteiger partial charge in [-0.3, -0.25) is 10.2 Å². The lowest BCUT2D eigenvalue weighted by Gasteiger charge is -2.25. The van der Waals surface area contributed by atoms with Crippen molar-refractivity contribution in [2.24, 2.45) is 15.7 Å². The molecule has 2 aromatic carbocycles. The summed E-state index contributed by atoms with van der Waals surface area (Å²) in [4.78, 5) is 41.0. The third-order valence-corrected chi connectivity index (χ3v) is 6.84. The molecule has 1 amide bonds. The Hall–Kier alpha value is -5.78. The van der Waals surface area contributed by atoms with E-state index in [0.717, 1.165) is 0 Å². The van der Waals surface area contributed by atoms with Gasteiger partial charge in [0.15, 0.2) is 18.4 Å². The molecule has 0 fully saturated rings. The van der Waals surface area contributed by atoms with Crippen LogP contribution in [0.25, 0.3) is 0 Å². The number of hydrazine groups is 1. The second-order valence-corrected chi connectivity index (χ2v) is 11.3. The van der Waals surface area contributed by atoms with Gasteiger partial charge in [0, 0.05) is 35.3 Å². The van der Waals surface area contributed by atoms with Crippen molar-refractivity contribution in [3.63, 3.8) is 0 Å². The molecule has 2 atom stereocenters. The number of ether oxygens (including phenoxy) is 6. The average molecular weight is 715 g/mol. The number of nitrogens with two attached hydrogens (primary N) is 1. The van der Waals surface area contributed by atoms with Crippen LogP contribution in [0.4, 0.5) is 30.0 Å². The summed E-state index contributed by atoms with van der Waals surface area (Å²) in [6, 6.07) is 9.93. The number of hydrogen-bond acceptors (Lipinski definition) is 14. The van der Waals surface area contributed by atoms with E-state index in [4.69, 9.17) is 34.2 Å². The first kappa shape index (κ1) is 38.0. The van der Waals surface area contributed by atoms with Crippen molar-refractivity contribution in [3.05, 3.63) is 71.8 Å². The molecule has 0 spiro atoms. The molecular weight excluding hydrogens is 674 g/mol. The highest BCUT2D eigenvalue weighted by molar-refractivity contribution is 6.03. The number of nitrogens with zero attached hydrogens (tertiary/aromatic N) is 5. The highest BCUT2D eigenvalue weighted by Crippen LogP contribution is 2.35. The maximum atomic E-state index is 16.2. The number of methoxy groups -OCH3 is 1. The third kappa shape index (κ3) is 10.4. The van der Waals surface area contributed by atoms with E-state index in [0.29, 0.717) is 23.4 Å². The number of anilines is 2. The molecule has 0 aliphatic carbocycles. The SMILES string of the molecule is CCCOC(=O)N=C(N)c1ccc(NC(C2=N[C@@H](OCOC(=O)OC(C)(C)CF)N(c3ncccn3)N2)c2cc(OC)cc(OCC)c2F)cc1. The van der Waals surface area contributed by atoms with Crippen LogP contribution in [-0.4, -0.2) is 79.6 Å². The first-order chi connectivity index (χ1) is 24.5. The molecule has 0 bridgehead atoms. The van der Waals surface area contributed by atoms with Crippen LogP contribution in [0.15, 0.2) is 64.8 Å². The summed E-state index contributed by atoms with van der Waals surface area (Å²) in [5.41, 5.74) is 8.65. The smallest absolute Gasteiger partial charge is 0.497 e. The zero-order valence-corrected chi connectivity index (χ0v) is 28.7. The van der Waals surface area contributed by atoms with Crippen LogP contribution in [0.5, 0.6) is 11.5 Å². The van der Waals surface area contributed by atoms with Crippen molar-refractivity contribution in [1.29, 1.82) is 0 Å². The van der Waals surface area contributed by atoms with Crippen LogP contribution in [0.1, 0.15) is 51.3 Å². The lowest BCUT2D eigenvalue weighted by atomic mass is 10.0. The lowest BCUT2D eigenvalue weighted by molar-refractivity contribution is -0.0946. The Morgan fingerprint density at radius 3 is 2.51 bits per heavy atom. The van der Waals surface area contributed by atoms with Crippen LogP contribution in [0.3, 0.4) is 0 Å². The zero-order chi connectivity index (χ0) is 37.0. The number of carbonyl (C=O) groups excluding carboxylic acids is 2. The van der Waals surface area contributed by atoms with Gasteiger partial charge in [0.2, 0.25) is 5.95 Å². The van der Waals surface area contributed by atoms with E-state index in [1.165, 1.54) is 50.5 Å². The monoisotopic (exact) mass is 714 g/mol. The van der Waals surface area contributed by atoms with E-state index in [-0.39, 0.29) is 42.1 Å². The number of benzene rings is 2. The van der Waals surface area contributed by atoms with Gasteiger partial charge in [-0.05, 0) is 63.6 Å². The van der Waals surface area contributed by atoms with Gasteiger partial charge in [-0.2, -0.15) is 4.99 Å². The average Bonchev–Trinajstić information content (AvgIpc) is 3.55. The first-order valence-electron chi connectivity index (χ1n) is 15.8. The third-order valence-electron chi connectivity index (χ3n) is 6.84. The molecule has 1 unspecified atom stereocenters. The predicted octanol–water partition coefficient (Wildman–Crippen LogP) is 5.01. The molecular formula is C33H40F2N8O8. The van der Waals surface area contributed by atoms with Crippen molar-refractivity contribution >= 4 is 35.6 Å². The molecule has 1 aliphatic heterocycles. The van der Waals surface area contributed by atoms with Crippen LogP contribution in [0.2, 0.25) is 0 Å². The molecule has 18 heteroatoms. The minimum Gasteiger partial charge on any atom is -0.497 e. The summed E-state index contributed by atoms with van der Waals surface area (Å²) in [6.07, 6.45) is 0.378. The van der Waals surface area contributed by atoms with Gasteiger partial charge in [-0.25, -0.2) is 38.3 Å². The van der Waals surface area contributed by atoms with E-state index in [1.54, 1.807) is 37.3 Å². The maximum absolute atomic E-state index is 16.2. The second kappa shape index (κ2) is 17.7. The molecule has 2 heterocycles. The Morgan fingerprint density at radius 1 is 1.14 bits per heavy atom. The van der Waals surface area contributed by atoms with E-state index in [9.17, 15) is 14.0 Å². The summed E-state index contributed by atoms with van der Waals surface area (Å²) in [7, 11) is 1.43. The van der Waals surface area contributed by atoms with Gasteiger partial charge >= 0.3 is 12.2 Å². The summed E-state index contributed by atoms with van der Waals surface area (Å²) in [5, 5.41) is 4.58. The first-order valence-corrected chi connectivity index (χ1v) is 15.8. The number of aliphatic imine (C=N–C) groups is 2. The topological polar surface area (TPSA) is 193 Å². The predicted molar refractivity (Wildman–Crippen MR) is 182 cm³/mol. The van der Waals surface area contributed by atoms with Crippen molar-refractivity contribution in [2.45, 2.75) is 52.1 Å². The van der Waals surface area contributed by atoms with Gasteiger partial charge in [-0.15, -0.1) is 0 Å². The number of alkyl halides is 1. The van der Waals surface area contributed by atoms with Crippen molar-refractivity contribution < 1.29 is 46.8 Å². The molecule has 0 saturated carbocycles. The Labute approximate surface area is 292 Å². The maximum Gasteiger partial charge on any atom is 0.511 e. The minimum atomic E-state index is -1.40. The molecule has 3 aromatic rings. The molecule has 1 aromatic heterocycles. The molecule has 16 nitrogen and oxygen atoms in total. The Balaban J connectivity index is 1.69. The molecule has 51 heavy (non-hydrogen) atoms. The summed E-state index contributed by atoms with van der Waals surface area (Å²) in [5.74, 6) is -0.295. The number of amides is 1. The fourth-order valence-corrected chi connectivity index (χ4v) is 4.39. The molecule has 0 saturated heterocycles. The number of carbonyl (C=O) groups is 2. The van der Waals surface area contributed by atoms with Gasteiger partial charge in [0.1, 0.15) is 35.7 Å². The van der Waals surface area contributed by atoms with Crippen molar-refractivity contribution in [1.82, 2.24) is 15.4 Å². The van der Waals surface area contributed by atoms with E-state index < -0.39 is 49.5 Å². The van der Waals surface area contributed by atoms with Crippen LogP contribution in [-0.2, 0) is 18.9 Å². The van der Waals surface area contributed by atoms with E-state index >= 15 is 4.39 Å². The number of hydrogen-bond donors (Lipinski definition) is 3. The van der Waals surface area contributed by atoms with Gasteiger partial charge < -0.3 is 34.7 Å². The van der Waals surface area contributed by atoms with Crippen molar-refractivity contribution in [3.8, 4) is 11.5 Å². The quantitative estimate of drug-likeness (QED) is 0.0776. The highest BCUT2D eigenvalue weighted by atomic mass is 19.1. The number of amidine groups is 2. The number of aromatic nitrogens is 2. The zero-order valence-electron chi connectivity index (χ0n) is 28.7. The lowest BCUT2D eigenvalue weighted by Crippen LogP contribution is -2.45. The molecule has 1 aliphatic rings. The summed E-state index contributed by atoms with van der Waals surface area (Å²) >= 11 is 0. The molecule has 274 valence electrons. The Morgan fingerprint density at radius 2 is 1.86 bits per heavy atom. The van der Waals surface area contributed by atoms with E-state index in [2.05, 4.69) is 30.7 Å². The van der Waals surface area contributed by atoms with Gasteiger partial charge in [0.05, 0.1) is 20.3 Å².